The fourth-order valence-corrected chi connectivity index (χ4v) is 2.98. The van der Waals surface area contributed by atoms with Gasteiger partial charge in [0, 0.05) is 17.1 Å². The number of hydrogen-bond acceptors (Lipinski definition) is 3. The molecule has 0 spiro atoms. The zero-order valence-corrected chi connectivity index (χ0v) is 12.9. The molecule has 112 valence electrons. The van der Waals surface area contributed by atoms with E-state index in [4.69, 9.17) is 16.0 Å². The van der Waals surface area contributed by atoms with Crippen molar-refractivity contribution >= 4 is 11.6 Å². The van der Waals surface area contributed by atoms with Crippen LogP contribution in [-0.2, 0) is 6.54 Å². The van der Waals surface area contributed by atoms with E-state index < -0.39 is 0 Å². The van der Waals surface area contributed by atoms with Crippen LogP contribution in [-0.4, -0.2) is 29.2 Å². The molecule has 0 bridgehead atoms. The first-order chi connectivity index (χ1) is 10.1. The van der Waals surface area contributed by atoms with Crippen molar-refractivity contribution in [2.75, 3.05) is 13.1 Å². The Labute approximate surface area is 130 Å². The lowest BCUT2D eigenvalue weighted by Gasteiger charge is -2.15. The summed E-state index contributed by atoms with van der Waals surface area (Å²) in [6.07, 6.45) is 0.832. The minimum atomic E-state index is -0.226. The highest BCUT2D eigenvalue weighted by molar-refractivity contribution is 6.30. The third-order valence-corrected chi connectivity index (χ3v) is 4.41. The number of nitrogens with zero attached hydrogens (tertiary/aromatic N) is 1. The molecule has 1 fully saturated rings. The number of benzene rings is 1. The monoisotopic (exact) mass is 305 g/mol. The molecule has 1 aliphatic rings. The topological polar surface area (TPSA) is 36.6 Å². The molecule has 0 aliphatic carbocycles. The highest BCUT2D eigenvalue weighted by Gasteiger charge is 2.26. The molecule has 1 N–H and O–H groups in total. The first-order valence-corrected chi connectivity index (χ1v) is 7.74. The highest BCUT2D eigenvalue weighted by Crippen LogP contribution is 2.26. The van der Waals surface area contributed by atoms with Crippen molar-refractivity contribution in [3.05, 3.63) is 47.2 Å². The summed E-state index contributed by atoms with van der Waals surface area (Å²) in [5.41, 5.74) is 1.04. The Morgan fingerprint density at radius 2 is 2.05 bits per heavy atom. The maximum absolute atomic E-state index is 9.65. The van der Waals surface area contributed by atoms with Crippen LogP contribution in [0.4, 0.5) is 0 Å². The van der Waals surface area contributed by atoms with E-state index in [0.717, 1.165) is 48.2 Å². The molecule has 4 heteroatoms. The summed E-state index contributed by atoms with van der Waals surface area (Å²) in [4.78, 5) is 2.34. The van der Waals surface area contributed by atoms with Gasteiger partial charge in [-0.15, -0.1) is 0 Å². The number of likely N-dealkylation sites (tertiary alicyclic amines) is 1. The van der Waals surface area contributed by atoms with Crippen LogP contribution in [0.3, 0.4) is 0 Å². The second-order valence-electron chi connectivity index (χ2n) is 5.80. The smallest absolute Gasteiger partial charge is 0.134 e. The quantitative estimate of drug-likeness (QED) is 0.933. The van der Waals surface area contributed by atoms with Crippen LogP contribution in [0.2, 0.25) is 5.02 Å². The molecule has 3 rings (SSSR count). The van der Waals surface area contributed by atoms with E-state index in [2.05, 4.69) is 4.90 Å². The molecule has 0 amide bonds. The molecule has 2 heterocycles. The summed E-state index contributed by atoms with van der Waals surface area (Å²) >= 11 is 5.90. The van der Waals surface area contributed by atoms with Crippen LogP contribution >= 0.6 is 11.6 Å². The largest absolute Gasteiger partial charge is 0.460 e. The molecule has 0 saturated carbocycles. The minimum absolute atomic E-state index is 0.226. The lowest BCUT2D eigenvalue weighted by Crippen LogP contribution is -2.23. The molecule has 3 nitrogen and oxygen atoms in total. The Kier molecular flexibility index (Phi) is 4.34. The maximum Gasteiger partial charge on any atom is 0.134 e. The number of rotatable bonds is 4. The van der Waals surface area contributed by atoms with Gasteiger partial charge in [0.1, 0.15) is 11.5 Å². The van der Waals surface area contributed by atoms with Gasteiger partial charge in [-0.05, 0) is 62.2 Å². The Bertz CT molecular complexity index is 591. The Hall–Kier alpha value is -1.29. The van der Waals surface area contributed by atoms with E-state index in [9.17, 15) is 5.11 Å². The van der Waals surface area contributed by atoms with E-state index in [1.54, 1.807) is 0 Å². The zero-order chi connectivity index (χ0) is 14.8. The summed E-state index contributed by atoms with van der Waals surface area (Å²) < 4.78 is 5.92. The summed E-state index contributed by atoms with van der Waals surface area (Å²) in [7, 11) is 0. The third kappa shape index (κ3) is 3.49. The van der Waals surface area contributed by atoms with E-state index in [0.29, 0.717) is 5.92 Å². The SMILES string of the molecule is CC(O)C1CCN(Cc2ccc(-c3ccc(Cl)cc3)o2)C1. The molecule has 2 aromatic rings. The van der Waals surface area contributed by atoms with Crippen molar-refractivity contribution in [1.29, 1.82) is 0 Å². The molecule has 1 aliphatic heterocycles. The summed E-state index contributed by atoms with van der Waals surface area (Å²) in [5, 5.41) is 10.4. The molecule has 1 aromatic heterocycles. The van der Waals surface area contributed by atoms with Gasteiger partial charge in [-0.25, -0.2) is 0 Å². The molecular formula is C17H20ClNO2. The van der Waals surface area contributed by atoms with Crippen molar-refractivity contribution in [3.8, 4) is 11.3 Å². The summed E-state index contributed by atoms with van der Waals surface area (Å²) in [5.74, 6) is 2.22. The van der Waals surface area contributed by atoms with Gasteiger partial charge in [0.05, 0.1) is 12.6 Å². The van der Waals surface area contributed by atoms with Crippen LogP contribution in [0.15, 0.2) is 40.8 Å². The molecule has 0 radical (unpaired) electrons. The van der Waals surface area contributed by atoms with Gasteiger partial charge in [0.15, 0.2) is 0 Å². The van der Waals surface area contributed by atoms with Crippen molar-refractivity contribution in [1.82, 2.24) is 4.90 Å². The predicted octanol–water partition coefficient (Wildman–Crippen LogP) is 3.80. The number of furan rings is 1. The number of hydrogen-bond donors (Lipinski definition) is 1. The molecular weight excluding hydrogens is 286 g/mol. The number of aliphatic hydroxyl groups is 1. The number of aliphatic hydroxyl groups excluding tert-OH is 1. The van der Waals surface area contributed by atoms with E-state index in [1.165, 1.54) is 0 Å². The molecule has 1 saturated heterocycles. The minimum Gasteiger partial charge on any atom is -0.460 e. The van der Waals surface area contributed by atoms with Gasteiger partial charge in [0.2, 0.25) is 0 Å². The first kappa shape index (κ1) is 14.6. The summed E-state index contributed by atoms with van der Waals surface area (Å²) in [6.45, 7) is 4.64. The van der Waals surface area contributed by atoms with Gasteiger partial charge in [-0.3, -0.25) is 4.90 Å². The predicted molar refractivity (Wildman–Crippen MR) is 84.2 cm³/mol. The fraction of sp³-hybridized carbons (Fsp3) is 0.412. The van der Waals surface area contributed by atoms with Crippen LogP contribution in [0, 0.1) is 5.92 Å². The van der Waals surface area contributed by atoms with Crippen molar-refractivity contribution in [3.63, 3.8) is 0 Å². The van der Waals surface area contributed by atoms with Crippen LogP contribution < -0.4 is 0 Å². The van der Waals surface area contributed by atoms with E-state index in [-0.39, 0.29) is 6.10 Å². The highest BCUT2D eigenvalue weighted by atomic mass is 35.5. The lowest BCUT2D eigenvalue weighted by atomic mass is 10.0. The second kappa shape index (κ2) is 6.22. The van der Waals surface area contributed by atoms with Crippen LogP contribution in [0.1, 0.15) is 19.1 Å². The van der Waals surface area contributed by atoms with Crippen molar-refractivity contribution in [2.45, 2.75) is 26.0 Å². The molecule has 2 atom stereocenters. The summed E-state index contributed by atoms with van der Waals surface area (Å²) in [6, 6.07) is 11.7. The van der Waals surface area contributed by atoms with Crippen molar-refractivity contribution in [2.24, 2.45) is 5.92 Å². The van der Waals surface area contributed by atoms with Crippen LogP contribution in [0.25, 0.3) is 11.3 Å². The molecule has 2 unspecified atom stereocenters. The van der Waals surface area contributed by atoms with Gasteiger partial charge >= 0.3 is 0 Å². The van der Waals surface area contributed by atoms with Crippen molar-refractivity contribution < 1.29 is 9.52 Å². The lowest BCUT2D eigenvalue weighted by molar-refractivity contribution is 0.126. The zero-order valence-electron chi connectivity index (χ0n) is 12.1. The average molecular weight is 306 g/mol. The van der Waals surface area contributed by atoms with E-state index >= 15 is 0 Å². The Morgan fingerprint density at radius 1 is 1.29 bits per heavy atom. The second-order valence-corrected chi connectivity index (χ2v) is 6.23. The van der Waals surface area contributed by atoms with Gasteiger partial charge < -0.3 is 9.52 Å². The van der Waals surface area contributed by atoms with Gasteiger partial charge in [-0.1, -0.05) is 11.6 Å². The first-order valence-electron chi connectivity index (χ1n) is 7.37. The molecule has 21 heavy (non-hydrogen) atoms. The Morgan fingerprint density at radius 3 is 2.71 bits per heavy atom. The van der Waals surface area contributed by atoms with Gasteiger partial charge in [-0.2, -0.15) is 0 Å². The standard InChI is InChI=1S/C17H20ClNO2/c1-12(20)14-8-9-19(10-14)11-16-6-7-17(21-16)13-2-4-15(18)5-3-13/h2-7,12,14,20H,8-11H2,1H3. The van der Waals surface area contributed by atoms with E-state index in [1.807, 2.05) is 43.3 Å². The third-order valence-electron chi connectivity index (χ3n) is 4.16. The average Bonchev–Trinajstić information content (AvgIpc) is 3.10. The maximum atomic E-state index is 9.65. The number of halogens is 1. The Balaban J connectivity index is 1.64. The van der Waals surface area contributed by atoms with Gasteiger partial charge in [0.25, 0.3) is 0 Å². The fourth-order valence-electron chi connectivity index (χ4n) is 2.85. The van der Waals surface area contributed by atoms with Crippen LogP contribution in [0.5, 0.6) is 0 Å². The molecule has 1 aromatic carbocycles. The normalized spacial score (nSPS) is 20.8.